The van der Waals surface area contributed by atoms with E-state index in [4.69, 9.17) is 14.7 Å². The molecule has 0 radical (unpaired) electrons. The summed E-state index contributed by atoms with van der Waals surface area (Å²) in [7, 11) is 0. The third-order valence-electron chi connectivity index (χ3n) is 1.59. The van der Waals surface area contributed by atoms with Gasteiger partial charge in [0, 0.05) is 0 Å². The van der Waals surface area contributed by atoms with Crippen LogP contribution in [0.3, 0.4) is 0 Å². The zero-order chi connectivity index (χ0) is 8.55. The number of nitrogens with zero attached hydrogens (tertiary/aromatic N) is 1. The molecule has 1 heterocycles. The largest absolute Gasteiger partial charge is 0.452 e. The third kappa shape index (κ3) is 0.800. The van der Waals surface area contributed by atoms with Crippen molar-refractivity contribution in [2.24, 2.45) is 0 Å². The van der Waals surface area contributed by atoms with Gasteiger partial charge in [-0.15, -0.1) is 0 Å². The molecule has 0 amide bonds. The van der Waals surface area contributed by atoms with Crippen molar-refractivity contribution in [2.45, 2.75) is 0 Å². The van der Waals surface area contributed by atoms with Crippen LogP contribution in [0.1, 0.15) is 5.56 Å². The second-order valence-corrected chi connectivity index (χ2v) is 2.27. The van der Waals surface area contributed by atoms with Gasteiger partial charge in [0.1, 0.15) is 6.07 Å². The Hall–Kier alpha value is -1.76. The van der Waals surface area contributed by atoms with Gasteiger partial charge in [0.05, 0.1) is 5.56 Å². The normalized spacial score (nSPS) is 12.7. The van der Waals surface area contributed by atoms with Gasteiger partial charge in [-0.2, -0.15) is 5.26 Å². The highest BCUT2D eigenvalue weighted by Gasteiger charge is 2.21. The molecule has 0 saturated carbocycles. The lowest BCUT2D eigenvalue weighted by Gasteiger charge is -1.97. The van der Waals surface area contributed by atoms with E-state index in [0.29, 0.717) is 5.56 Å². The van der Waals surface area contributed by atoms with Crippen molar-refractivity contribution in [1.82, 2.24) is 0 Å². The molecule has 2 rings (SSSR count). The zero-order valence-corrected chi connectivity index (χ0v) is 6.00. The summed E-state index contributed by atoms with van der Waals surface area (Å²) in [4.78, 5) is 0. The lowest BCUT2D eigenvalue weighted by Crippen LogP contribution is -1.93. The van der Waals surface area contributed by atoms with E-state index in [0.717, 1.165) is 0 Å². The van der Waals surface area contributed by atoms with Gasteiger partial charge in [0.15, 0.2) is 11.6 Å². The summed E-state index contributed by atoms with van der Waals surface area (Å²) < 4.78 is 22.6. The maximum atomic E-state index is 12.9. The molecule has 12 heavy (non-hydrogen) atoms. The molecule has 0 fully saturated rings. The average Bonchev–Trinajstić information content (AvgIpc) is 2.54. The number of nitriles is 1. The zero-order valence-electron chi connectivity index (χ0n) is 6.00. The second-order valence-electron chi connectivity index (χ2n) is 2.27. The third-order valence-corrected chi connectivity index (χ3v) is 1.59. The summed E-state index contributed by atoms with van der Waals surface area (Å²) in [6, 6.07) is 4.43. The van der Waals surface area contributed by atoms with Gasteiger partial charge in [-0.25, -0.2) is 4.39 Å². The predicted molar refractivity (Wildman–Crippen MR) is 37.2 cm³/mol. The molecule has 0 saturated heterocycles. The lowest BCUT2D eigenvalue weighted by atomic mass is 10.2. The number of fused-ring (bicyclic) bond motifs is 1. The van der Waals surface area contributed by atoms with Crippen LogP contribution in [0.4, 0.5) is 4.39 Å². The number of benzene rings is 1. The topological polar surface area (TPSA) is 42.2 Å². The van der Waals surface area contributed by atoms with Crippen molar-refractivity contribution in [3.05, 3.63) is 23.5 Å². The van der Waals surface area contributed by atoms with Gasteiger partial charge in [-0.05, 0) is 12.1 Å². The molecule has 3 nitrogen and oxygen atoms in total. The first-order valence-electron chi connectivity index (χ1n) is 3.31. The summed E-state index contributed by atoms with van der Waals surface area (Å²) in [5.74, 6) is -0.256. The summed E-state index contributed by atoms with van der Waals surface area (Å²) in [5, 5.41) is 8.58. The average molecular weight is 165 g/mol. The molecule has 0 aliphatic carbocycles. The smallest absolute Gasteiger partial charge is 0.231 e. The fraction of sp³-hybridized carbons (Fsp3) is 0.125. The minimum atomic E-state index is -0.499. The molecular formula is C8H4FNO2. The van der Waals surface area contributed by atoms with Crippen LogP contribution >= 0.6 is 0 Å². The number of hydrogen-bond acceptors (Lipinski definition) is 3. The minimum Gasteiger partial charge on any atom is -0.452 e. The molecule has 1 aromatic rings. The van der Waals surface area contributed by atoms with Crippen molar-refractivity contribution in [3.63, 3.8) is 0 Å². The van der Waals surface area contributed by atoms with Crippen LogP contribution in [0.15, 0.2) is 12.1 Å². The van der Waals surface area contributed by atoms with Crippen LogP contribution in [-0.2, 0) is 0 Å². The Bertz CT molecular complexity index is 370. The van der Waals surface area contributed by atoms with E-state index < -0.39 is 5.82 Å². The van der Waals surface area contributed by atoms with Crippen LogP contribution in [0.5, 0.6) is 11.5 Å². The van der Waals surface area contributed by atoms with Crippen molar-refractivity contribution < 1.29 is 13.9 Å². The van der Waals surface area contributed by atoms with E-state index in [1.807, 2.05) is 6.07 Å². The van der Waals surface area contributed by atoms with E-state index in [-0.39, 0.29) is 18.3 Å². The van der Waals surface area contributed by atoms with E-state index >= 15 is 0 Å². The van der Waals surface area contributed by atoms with Gasteiger partial charge >= 0.3 is 0 Å². The Morgan fingerprint density at radius 2 is 2.08 bits per heavy atom. The highest BCUT2D eigenvalue weighted by molar-refractivity contribution is 5.54. The molecule has 1 aliphatic heterocycles. The first-order chi connectivity index (χ1) is 5.83. The molecule has 0 unspecified atom stereocenters. The highest BCUT2D eigenvalue weighted by atomic mass is 19.1. The van der Waals surface area contributed by atoms with Gasteiger partial charge in [0.25, 0.3) is 0 Å². The lowest BCUT2D eigenvalue weighted by molar-refractivity contribution is 0.170. The second kappa shape index (κ2) is 2.38. The van der Waals surface area contributed by atoms with Gasteiger partial charge in [-0.1, -0.05) is 0 Å². The monoisotopic (exact) mass is 165 g/mol. The first-order valence-corrected chi connectivity index (χ1v) is 3.31. The highest BCUT2D eigenvalue weighted by Crippen LogP contribution is 2.37. The Balaban J connectivity index is 2.66. The molecule has 4 heteroatoms. The predicted octanol–water partition coefficient (Wildman–Crippen LogP) is 1.43. The van der Waals surface area contributed by atoms with Crippen molar-refractivity contribution in [3.8, 4) is 17.6 Å². The Morgan fingerprint density at radius 1 is 1.33 bits per heavy atom. The standard InChI is InChI=1S/C8H4FNO2/c9-6-2-1-5(3-10)7-8(6)12-4-11-7/h1-2H,4H2. The van der Waals surface area contributed by atoms with E-state index in [1.165, 1.54) is 12.1 Å². The molecule has 0 N–H and O–H groups in total. The molecule has 0 aromatic heterocycles. The maximum absolute atomic E-state index is 12.9. The summed E-state index contributed by atoms with van der Waals surface area (Å²) in [5.41, 5.74) is 0.295. The Labute approximate surface area is 67.9 Å². The summed E-state index contributed by atoms with van der Waals surface area (Å²) in [6.45, 7) is -0.0229. The Morgan fingerprint density at radius 3 is 2.83 bits per heavy atom. The van der Waals surface area contributed by atoms with E-state index in [2.05, 4.69) is 0 Å². The van der Waals surface area contributed by atoms with Gasteiger partial charge in [0.2, 0.25) is 12.5 Å². The number of ether oxygens (including phenoxy) is 2. The Kier molecular flexibility index (Phi) is 1.37. The van der Waals surface area contributed by atoms with Crippen molar-refractivity contribution in [1.29, 1.82) is 5.26 Å². The van der Waals surface area contributed by atoms with Gasteiger partial charge in [-0.3, -0.25) is 0 Å². The summed E-state index contributed by atoms with van der Waals surface area (Å²) in [6.07, 6.45) is 0. The van der Waals surface area contributed by atoms with E-state index in [1.54, 1.807) is 0 Å². The molecule has 0 atom stereocenters. The van der Waals surface area contributed by atoms with Gasteiger partial charge < -0.3 is 9.47 Å². The first kappa shape index (κ1) is 6.92. The molecule has 1 aromatic carbocycles. The van der Waals surface area contributed by atoms with E-state index in [9.17, 15) is 4.39 Å². The van der Waals surface area contributed by atoms with Crippen molar-refractivity contribution in [2.75, 3.05) is 6.79 Å². The minimum absolute atomic E-state index is 0.0229. The van der Waals surface area contributed by atoms with Crippen LogP contribution < -0.4 is 9.47 Å². The maximum Gasteiger partial charge on any atom is 0.231 e. The van der Waals surface area contributed by atoms with Crippen molar-refractivity contribution >= 4 is 0 Å². The van der Waals surface area contributed by atoms with Crippen LogP contribution in [0.2, 0.25) is 0 Å². The number of rotatable bonds is 0. The quantitative estimate of drug-likeness (QED) is 0.583. The molecule has 1 aliphatic rings. The molecule has 0 spiro atoms. The van der Waals surface area contributed by atoms with Crippen LogP contribution in [0, 0.1) is 17.1 Å². The fourth-order valence-electron chi connectivity index (χ4n) is 1.05. The van der Waals surface area contributed by atoms with Crippen LogP contribution in [0.25, 0.3) is 0 Å². The molecular weight excluding hydrogens is 161 g/mol. The number of hydrogen-bond donors (Lipinski definition) is 0. The SMILES string of the molecule is N#Cc1ccc(F)c2c1OCO2. The molecule has 60 valence electrons. The fourth-order valence-corrected chi connectivity index (χ4v) is 1.05. The summed E-state index contributed by atoms with van der Waals surface area (Å²) >= 11 is 0. The van der Waals surface area contributed by atoms with Crippen LogP contribution in [-0.4, -0.2) is 6.79 Å². The molecule has 0 bridgehead atoms. The number of halogens is 1.